The Labute approximate surface area is 83.8 Å². The smallest absolute Gasteiger partial charge is 0.0483 e. The average molecular weight is 204 g/mol. The standard InChI is InChI=1S/C3H8O.3CH4O.Ti/c1-3(2)4;3*1-2;/h3-4H,1-2H3;3*2H,1H3;. The summed E-state index contributed by atoms with van der Waals surface area (Å²) in [6.45, 7) is 3.44. The van der Waals surface area contributed by atoms with Gasteiger partial charge in [0.1, 0.15) is 0 Å². The first kappa shape index (κ1) is 30.0. The molecule has 0 rings (SSSR count). The summed E-state index contributed by atoms with van der Waals surface area (Å²) >= 11 is 0. The number of hydrogen-bond donors (Lipinski definition) is 4. The first-order valence-corrected chi connectivity index (χ1v) is 2.75. The van der Waals surface area contributed by atoms with Crippen LogP contribution < -0.4 is 0 Å². The second-order valence-corrected chi connectivity index (χ2v) is 1.09. The van der Waals surface area contributed by atoms with Gasteiger partial charge in [-0.25, -0.2) is 0 Å². The third-order valence-electron chi connectivity index (χ3n) is 0. The van der Waals surface area contributed by atoms with Crippen molar-refractivity contribution < 1.29 is 42.1 Å². The SMILES string of the molecule is CC(C)O.CO.CO.CO.[Ti]. The Morgan fingerprint density at radius 1 is 0.727 bits per heavy atom. The third kappa shape index (κ3) is 2510. The second-order valence-electron chi connectivity index (χ2n) is 1.09. The molecule has 0 saturated carbocycles. The van der Waals surface area contributed by atoms with Crippen molar-refractivity contribution in [3.8, 4) is 0 Å². The molecule has 4 N–H and O–H groups in total. The molecule has 0 aliphatic heterocycles. The molecule has 0 saturated heterocycles. The fraction of sp³-hybridized carbons (Fsp3) is 1.00. The molecule has 0 unspecified atom stereocenters. The molecule has 0 aliphatic carbocycles. The Kier molecular flexibility index (Phi) is 208. The van der Waals surface area contributed by atoms with Crippen LogP contribution in [-0.2, 0) is 21.7 Å². The van der Waals surface area contributed by atoms with Gasteiger partial charge in [-0.05, 0) is 13.8 Å². The van der Waals surface area contributed by atoms with Crippen LogP contribution in [0.4, 0.5) is 0 Å². The van der Waals surface area contributed by atoms with Gasteiger partial charge in [-0.1, -0.05) is 0 Å². The number of aliphatic hydroxyl groups is 4. The van der Waals surface area contributed by atoms with Crippen molar-refractivity contribution in [3.05, 3.63) is 0 Å². The van der Waals surface area contributed by atoms with Crippen LogP contribution in [0.2, 0.25) is 0 Å². The molecule has 0 atom stereocenters. The van der Waals surface area contributed by atoms with Crippen molar-refractivity contribution in [2.75, 3.05) is 21.3 Å². The zero-order valence-corrected chi connectivity index (χ0v) is 9.43. The molecular weight excluding hydrogens is 184 g/mol. The summed E-state index contributed by atoms with van der Waals surface area (Å²) in [5.74, 6) is 0. The minimum atomic E-state index is -0.167. The van der Waals surface area contributed by atoms with Crippen LogP contribution in [0.25, 0.3) is 0 Å². The van der Waals surface area contributed by atoms with Gasteiger partial charge < -0.3 is 20.4 Å². The van der Waals surface area contributed by atoms with E-state index in [4.69, 9.17) is 20.4 Å². The summed E-state index contributed by atoms with van der Waals surface area (Å²) in [6, 6.07) is 0. The van der Waals surface area contributed by atoms with Gasteiger partial charge in [-0.2, -0.15) is 0 Å². The number of rotatable bonds is 0. The van der Waals surface area contributed by atoms with E-state index in [0.29, 0.717) is 0 Å². The van der Waals surface area contributed by atoms with Crippen molar-refractivity contribution in [2.45, 2.75) is 20.0 Å². The molecule has 0 bridgehead atoms. The third-order valence-corrected chi connectivity index (χ3v) is 0. The van der Waals surface area contributed by atoms with Gasteiger partial charge in [0.2, 0.25) is 0 Å². The Bertz CT molecular complexity index is 19.3. The molecule has 0 aromatic carbocycles. The first-order chi connectivity index (χ1) is 4.73. The molecule has 0 aromatic heterocycles. The minimum absolute atomic E-state index is 0. The fourth-order valence-corrected chi connectivity index (χ4v) is 0. The minimum Gasteiger partial charge on any atom is -0.400 e. The van der Waals surface area contributed by atoms with Gasteiger partial charge in [0.15, 0.2) is 0 Å². The van der Waals surface area contributed by atoms with E-state index in [1.165, 1.54) is 0 Å². The topological polar surface area (TPSA) is 80.9 Å². The average Bonchev–Trinajstić information content (AvgIpc) is 1.98. The largest absolute Gasteiger partial charge is 0.400 e. The monoisotopic (exact) mass is 204 g/mol. The summed E-state index contributed by atoms with van der Waals surface area (Å²) in [4.78, 5) is 0. The van der Waals surface area contributed by atoms with E-state index in [0.717, 1.165) is 21.3 Å². The zero-order chi connectivity index (χ0) is 9.58. The predicted octanol–water partition coefficient (Wildman–Crippen LogP) is -0.790. The molecule has 4 nitrogen and oxygen atoms in total. The molecule has 5 heteroatoms. The van der Waals surface area contributed by atoms with E-state index in [1.54, 1.807) is 13.8 Å². The molecule has 0 aliphatic rings. The number of hydrogen-bond acceptors (Lipinski definition) is 4. The van der Waals surface area contributed by atoms with E-state index in [2.05, 4.69) is 0 Å². The van der Waals surface area contributed by atoms with Crippen LogP contribution in [0.15, 0.2) is 0 Å². The van der Waals surface area contributed by atoms with Crippen molar-refractivity contribution in [3.63, 3.8) is 0 Å². The molecule has 0 heterocycles. The summed E-state index contributed by atoms with van der Waals surface area (Å²) in [7, 11) is 3.00. The van der Waals surface area contributed by atoms with Crippen LogP contribution >= 0.6 is 0 Å². The van der Waals surface area contributed by atoms with E-state index < -0.39 is 0 Å². The predicted molar refractivity (Wildman–Crippen MR) is 41.8 cm³/mol. The molecule has 0 spiro atoms. The summed E-state index contributed by atoms with van der Waals surface area (Å²) in [5.41, 5.74) is 0. The molecule has 11 heavy (non-hydrogen) atoms. The maximum absolute atomic E-state index is 8.06. The number of aliphatic hydroxyl groups excluding tert-OH is 4. The Balaban J connectivity index is -0.0000000152. The molecule has 0 aromatic rings. The summed E-state index contributed by atoms with van der Waals surface area (Å²) in [6.07, 6.45) is -0.167. The zero-order valence-electron chi connectivity index (χ0n) is 7.87. The van der Waals surface area contributed by atoms with E-state index in [1.807, 2.05) is 0 Å². The maximum Gasteiger partial charge on any atom is 0.0483 e. The van der Waals surface area contributed by atoms with Crippen molar-refractivity contribution in [2.24, 2.45) is 0 Å². The molecule has 0 radical (unpaired) electrons. The summed E-state index contributed by atoms with van der Waals surface area (Å²) in [5, 5.41) is 29.1. The second kappa shape index (κ2) is 76.3. The molecule has 0 fully saturated rings. The van der Waals surface area contributed by atoms with Crippen LogP contribution in [0.3, 0.4) is 0 Å². The summed E-state index contributed by atoms with van der Waals surface area (Å²) < 4.78 is 0. The van der Waals surface area contributed by atoms with Gasteiger partial charge in [0, 0.05) is 49.2 Å². The van der Waals surface area contributed by atoms with Gasteiger partial charge in [0.25, 0.3) is 0 Å². The van der Waals surface area contributed by atoms with E-state index >= 15 is 0 Å². The molecule has 0 amide bonds. The van der Waals surface area contributed by atoms with Gasteiger partial charge >= 0.3 is 0 Å². The maximum atomic E-state index is 8.06. The van der Waals surface area contributed by atoms with Crippen LogP contribution in [-0.4, -0.2) is 47.9 Å². The van der Waals surface area contributed by atoms with E-state index in [9.17, 15) is 0 Å². The fourth-order valence-electron chi connectivity index (χ4n) is 0. The van der Waals surface area contributed by atoms with Crippen molar-refractivity contribution in [1.82, 2.24) is 0 Å². The van der Waals surface area contributed by atoms with Crippen molar-refractivity contribution in [1.29, 1.82) is 0 Å². The van der Waals surface area contributed by atoms with Gasteiger partial charge in [-0.15, -0.1) is 0 Å². The van der Waals surface area contributed by atoms with Crippen LogP contribution in [0.1, 0.15) is 13.8 Å². The van der Waals surface area contributed by atoms with Crippen molar-refractivity contribution >= 4 is 0 Å². The quantitative estimate of drug-likeness (QED) is 0.390. The van der Waals surface area contributed by atoms with Gasteiger partial charge in [0.05, 0.1) is 0 Å². The van der Waals surface area contributed by atoms with Crippen LogP contribution in [0.5, 0.6) is 0 Å². The van der Waals surface area contributed by atoms with E-state index in [-0.39, 0.29) is 27.8 Å². The molecular formula is C6H20O4Ti. The Hall–Kier alpha value is 0.554. The Morgan fingerprint density at radius 3 is 0.727 bits per heavy atom. The normalized spacial score (nSPS) is 4.91. The molecule has 72 valence electrons. The first-order valence-electron chi connectivity index (χ1n) is 2.75. The van der Waals surface area contributed by atoms with Crippen LogP contribution in [0, 0.1) is 0 Å². The van der Waals surface area contributed by atoms with Gasteiger partial charge in [-0.3, -0.25) is 0 Å². The Morgan fingerprint density at radius 2 is 0.727 bits per heavy atom.